The molecule has 0 saturated carbocycles. The lowest BCUT2D eigenvalue weighted by atomic mass is 10.1. The third kappa shape index (κ3) is 4.16. The number of likely N-dealkylation sites (tertiary alicyclic amines) is 1. The van der Waals surface area contributed by atoms with Crippen molar-refractivity contribution in [3.05, 3.63) is 36.5 Å². The lowest BCUT2D eigenvalue weighted by Crippen LogP contribution is -2.46. The van der Waals surface area contributed by atoms with Gasteiger partial charge in [-0.15, -0.1) is 0 Å². The molecule has 0 N–H and O–H groups in total. The average Bonchev–Trinajstić information content (AvgIpc) is 2.53. The molecule has 2 heterocycles. The molecule has 0 aliphatic carbocycles. The molecule has 1 aromatic carbocycles. The number of carbonyl (C=O) groups excluding carboxylic acids is 1. The summed E-state index contributed by atoms with van der Waals surface area (Å²) in [7, 11) is 0. The van der Waals surface area contributed by atoms with Crippen molar-refractivity contribution < 1.29 is 14.3 Å². The van der Waals surface area contributed by atoms with E-state index in [9.17, 15) is 4.79 Å². The third-order valence-corrected chi connectivity index (χ3v) is 3.91. The van der Waals surface area contributed by atoms with E-state index in [0.717, 1.165) is 36.0 Å². The van der Waals surface area contributed by atoms with Crippen molar-refractivity contribution in [3.8, 4) is 5.75 Å². The molecular weight excluding hydrogens is 304 g/mol. The number of aromatic nitrogens is 1. The van der Waals surface area contributed by atoms with Crippen molar-refractivity contribution in [2.75, 3.05) is 13.1 Å². The topological polar surface area (TPSA) is 51.7 Å². The molecule has 0 bridgehead atoms. The van der Waals surface area contributed by atoms with Crippen molar-refractivity contribution in [3.63, 3.8) is 0 Å². The molecule has 1 atom stereocenters. The number of hydrogen-bond donors (Lipinski definition) is 0. The number of piperidine rings is 1. The van der Waals surface area contributed by atoms with Crippen LogP contribution in [0.2, 0.25) is 0 Å². The van der Waals surface area contributed by atoms with Crippen LogP contribution in [0.15, 0.2) is 36.5 Å². The Kier molecular flexibility index (Phi) is 4.60. The van der Waals surface area contributed by atoms with Gasteiger partial charge >= 0.3 is 6.09 Å². The Hall–Kier alpha value is -2.30. The molecule has 5 nitrogen and oxygen atoms in total. The van der Waals surface area contributed by atoms with Gasteiger partial charge in [0.1, 0.15) is 17.5 Å². The van der Waals surface area contributed by atoms with Gasteiger partial charge in [0.05, 0.1) is 12.1 Å². The van der Waals surface area contributed by atoms with Gasteiger partial charge in [0.2, 0.25) is 0 Å². The number of ether oxygens (including phenoxy) is 2. The molecule has 0 radical (unpaired) electrons. The largest absolute Gasteiger partial charge is 0.489 e. The van der Waals surface area contributed by atoms with Crippen molar-refractivity contribution in [1.29, 1.82) is 0 Å². The quantitative estimate of drug-likeness (QED) is 0.836. The van der Waals surface area contributed by atoms with Gasteiger partial charge in [-0.2, -0.15) is 0 Å². The van der Waals surface area contributed by atoms with Crippen LogP contribution in [0.1, 0.15) is 33.6 Å². The number of nitrogens with zero attached hydrogens (tertiary/aromatic N) is 2. The minimum absolute atomic E-state index is 0.0135. The summed E-state index contributed by atoms with van der Waals surface area (Å²) in [4.78, 5) is 18.3. The molecule has 128 valence electrons. The molecule has 1 aromatic heterocycles. The Morgan fingerprint density at radius 3 is 2.92 bits per heavy atom. The molecule has 24 heavy (non-hydrogen) atoms. The highest BCUT2D eigenvalue weighted by molar-refractivity contribution is 5.79. The minimum Gasteiger partial charge on any atom is -0.489 e. The van der Waals surface area contributed by atoms with Gasteiger partial charge in [-0.1, -0.05) is 6.07 Å². The van der Waals surface area contributed by atoms with E-state index in [1.807, 2.05) is 51.1 Å². The van der Waals surface area contributed by atoms with E-state index in [-0.39, 0.29) is 12.2 Å². The number of benzene rings is 1. The van der Waals surface area contributed by atoms with Gasteiger partial charge in [-0.3, -0.25) is 4.98 Å². The summed E-state index contributed by atoms with van der Waals surface area (Å²) in [5, 5.41) is 1.05. The minimum atomic E-state index is -0.476. The fourth-order valence-electron chi connectivity index (χ4n) is 2.85. The Morgan fingerprint density at radius 1 is 1.29 bits per heavy atom. The van der Waals surface area contributed by atoms with Crippen LogP contribution in [0.5, 0.6) is 5.75 Å². The molecule has 5 heteroatoms. The standard InChI is InChI=1S/C19H24N2O3/c1-19(2,3)24-18(22)21-11-5-7-16(13-21)23-15-8-9-17-14(12-15)6-4-10-20-17/h4,6,8-10,12,16H,5,7,11,13H2,1-3H3/t16-/m0/s1. The zero-order valence-electron chi connectivity index (χ0n) is 14.5. The monoisotopic (exact) mass is 328 g/mol. The fourth-order valence-corrected chi connectivity index (χ4v) is 2.85. The highest BCUT2D eigenvalue weighted by Gasteiger charge is 2.28. The van der Waals surface area contributed by atoms with E-state index < -0.39 is 5.60 Å². The number of rotatable bonds is 2. The highest BCUT2D eigenvalue weighted by Crippen LogP contribution is 2.23. The molecule has 1 aliphatic heterocycles. The van der Waals surface area contributed by atoms with Crippen LogP contribution in [0.4, 0.5) is 4.79 Å². The zero-order valence-corrected chi connectivity index (χ0v) is 14.5. The summed E-state index contributed by atoms with van der Waals surface area (Å²) in [5.74, 6) is 0.812. The maximum Gasteiger partial charge on any atom is 0.410 e. The Morgan fingerprint density at radius 2 is 2.12 bits per heavy atom. The number of amides is 1. The molecule has 3 rings (SSSR count). The maximum absolute atomic E-state index is 12.2. The van der Waals surface area contributed by atoms with Crippen LogP contribution in [0, 0.1) is 0 Å². The molecule has 0 spiro atoms. The molecule has 1 fully saturated rings. The average molecular weight is 328 g/mol. The molecule has 1 saturated heterocycles. The van der Waals surface area contributed by atoms with Gasteiger partial charge in [0, 0.05) is 18.1 Å². The number of fused-ring (bicyclic) bond motifs is 1. The third-order valence-electron chi connectivity index (χ3n) is 3.91. The van der Waals surface area contributed by atoms with Gasteiger partial charge in [-0.25, -0.2) is 4.79 Å². The van der Waals surface area contributed by atoms with E-state index in [0.29, 0.717) is 6.54 Å². The van der Waals surface area contributed by atoms with E-state index in [4.69, 9.17) is 9.47 Å². The summed E-state index contributed by atoms with van der Waals surface area (Å²) in [6, 6.07) is 9.82. The summed E-state index contributed by atoms with van der Waals surface area (Å²) < 4.78 is 11.6. The van der Waals surface area contributed by atoms with E-state index in [1.54, 1.807) is 11.1 Å². The molecule has 2 aromatic rings. The van der Waals surface area contributed by atoms with Crippen molar-refractivity contribution in [2.24, 2.45) is 0 Å². The van der Waals surface area contributed by atoms with Gasteiger partial charge in [0.25, 0.3) is 0 Å². The molecular formula is C19H24N2O3. The Balaban J connectivity index is 1.65. The van der Waals surface area contributed by atoms with Crippen LogP contribution in [-0.4, -0.2) is 40.8 Å². The smallest absolute Gasteiger partial charge is 0.410 e. The number of hydrogen-bond acceptors (Lipinski definition) is 4. The lowest BCUT2D eigenvalue weighted by molar-refractivity contribution is 0.00777. The van der Waals surface area contributed by atoms with Gasteiger partial charge in [-0.05, 0) is 57.9 Å². The second-order valence-corrected chi connectivity index (χ2v) is 7.17. The maximum atomic E-state index is 12.2. The van der Waals surface area contributed by atoms with Gasteiger partial charge < -0.3 is 14.4 Å². The first-order chi connectivity index (χ1) is 11.4. The predicted octanol–water partition coefficient (Wildman–Crippen LogP) is 4.01. The summed E-state index contributed by atoms with van der Waals surface area (Å²) in [5.41, 5.74) is 0.472. The van der Waals surface area contributed by atoms with Crippen LogP contribution < -0.4 is 4.74 Å². The highest BCUT2D eigenvalue weighted by atomic mass is 16.6. The Labute approximate surface area is 142 Å². The number of pyridine rings is 1. The lowest BCUT2D eigenvalue weighted by Gasteiger charge is -2.34. The second kappa shape index (κ2) is 6.67. The van der Waals surface area contributed by atoms with E-state index >= 15 is 0 Å². The first kappa shape index (κ1) is 16.6. The zero-order chi connectivity index (χ0) is 17.2. The fraction of sp³-hybridized carbons (Fsp3) is 0.474. The summed E-state index contributed by atoms with van der Waals surface area (Å²) in [6.07, 6.45) is 3.35. The first-order valence-corrected chi connectivity index (χ1v) is 8.40. The predicted molar refractivity (Wildman–Crippen MR) is 93.2 cm³/mol. The molecule has 0 unspecified atom stereocenters. The molecule has 1 amide bonds. The second-order valence-electron chi connectivity index (χ2n) is 7.17. The van der Waals surface area contributed by atoms with E-state index in [1.165, 1.54) is 0 Å². The van der Waals surface area contributed by atoms with Crippen LogP contribution in [0.3, 0.4) is 0 Å². The molecule has 1 aliphatic rings. The summed E-state index contributed by atoms with van der Waals surface area (Å²) >= 11 is 0. The normalized spacial score (nSPS) is 18.5. The van der Waals surface area contributed by atoms with Crippen LogP contribution in [-0.2, 0) is 4.74 Å². The van der Waals surface area contributed by atoms with E-state index in [2.05, 4.69) is 4.98 Å². The first-order valence-electron chi connectivity index (χ1n) is 8.40. The van der Waals surface area contributed by atoms with Crippen molar-refractivity contribution >= 4 is 17.0 Å². The Bertz CT molecular complexity index is 724. The number of carbonyl (C=O) groups is 1. The summed E-state index contributed by atoms with van der Waals surface area (Å²) in [6.45, 7) is 6.92. The van der Waals surface area contributed by atoms with Crippen LogP contribution >= 0.6 is 0 Å². The van der Waals surface area contributed by atoms with Crippen molar-refractivity contribution in [2.45, 2.75) is 45.3 Å². The van der Waals surface area contributed by atoms with Gasteiger partial charge in [0.15, 0.2) is 0 Å². The van der Waals surface area contributed by atoms with Crippen LogP contribution in [0.25, 0.3) is 10.9 Å². The SMILES string of the molecule is CC(C)(C)OC(=O)N1CCC[C@H](Oc2ccc3ncccc3c2)C1. The van der Waals surface area contributed by atoms with Crippen molar-refractivity contribution in [1.82, 2.24) is 9.88 Å².